The molecular weight excluding hydrogens is 280 g/mol. The van der Waals surface area contributed by atoms with Crippen LogP contribution in [0.1, 0.15) is 29.6 Å². The molecule has 0 aliphatic carbocycles. The smallest absolute Gasteiger partial charge is 0.253 e. The SMILES string of the molecule is N#CCC(=O)NCC1CCN(C(=O)c2ccc(N)cc2)CC1. The predicted molar refractivity (Wildman–Crippen MR) is 82.7 cm³/mol. The van der Waals surface area contributed by atoms with Gasteiger partial charge in [0.25, 0.3) is 5.91 Å². The summed E-state index contributed by atoms with van der Waals surface area (Å²) in [6.45, 7) is 1.94. The fourth-order valence-corrected chi connectivity index (χ4v) is 2.54. The van der Waals surface area contributed by atoms with Crippen molar-refractivity contribution in [1.29, 1.82) is 5.26 Å². The maximum absolute atomic E-state index is 12.3. The number of carbonyl (C=O) groups is 2. The highest BCUT2D eigenvalue weighted by Crippen LogP contribution is 2.19. The Labute approximate surface area is 129 Å². The molecule has 1 heterocycles. The van der Waals surface area contributed by atoms with Gasteiger partial charge in [-0.25, -0.2) is 0 Å². The molecule has 0 spiro atoms. The molecule has 116 valence electrons. The summed E-state index contributed by atoms with van der Waals surface area (Å²) in [5.74, 6) is 0.146. The second-order valence-electron chi connectivity index (χ2n) is 5.50. The molecule has 1 fully saturated rings. The van der Waals surface area contributed by atoms with Gasteiger partial charge in [-0.05, 0) is 43.0 Å². The van der Waals surface area contributed by atoms with Crippen LogP contribution in [0, 0.1) is 17.2 Å². The third kappa shape index (κ3) is 4.22. The lowest BCUT2D eigenvalue weighted by molar-refractivity contribution is -0.120. The zero-order valence-electron chi connectivity index (χ0n) is 12.4. The molecule has 1 aliphatic heterocycles. The molecule has 3 N–H and O–H groups in total. The number of nitrogens with two attached hydrogens (primary N) is 1. The van der Waals surface area contributed by atoms with Crippen molar-refractivity contribution in [3.8, 4) is 6.07 Å². The molecule has 6 nitrogen and oxygen atoms in total. The summed E-state index contributed by atoms with van der Waals surface area (Å²) in [5, 5.41) is 11.2. The van der Waals surface area contributed by atoms with E-state index < -0.39 is 0 Å². The van der Waals surface area contributed by atoms with Crippen molar-refractivity contribution in [3.63, 3.8) is 0 Å². The van der Waals surface area contributed by atoms with E-state index in [0.29, 0.717) is 36.8 Å². The fourth-order valence-electron chi connectivity index (χ4n) is 2.54. The Kier molecular flexibility index (Phi) is 5.37. The number of nitrogens with one attached hydrogen (secondary N) is 1. The van der Waals surface area contributed by atoms with E-state index in [1.165, 1.54) is 0 Å². The number of nitriles is 1. The van der Waals surface area contributed by atoms with Gasteiger partial charge < -0.3 is 16.0 Å². The van der Waals surface area contributed by atoms with E-state index in [1.807, 2.05) is 11.0 Å². The molecule has 0 saturated carbocycles. The Bertz CT molecular complexity index is 569. The van der Waals surface area contributed by atoms with Crippen LogP contribution in [0.25, 0.3) is 0 Å². The van der Waals surface area contributed by atoms with E-state index in [4.69, 9.17) is 11.0 Å². The number of benzene rings is 1. The normalized spacial score (nSPS) is 15.1. The summed E-state index contributed by atoms with van der Waals surface area (Å²) in [6, 6.07) is 8.76. The van der Waals surface area contributed by atoms with E-state index in [2.05, 4.69) is 5.32 Å². The highest BCUT2D eigenvalue weighted by Gasteiger charge is 2.23. The van der Waals surface area contributed by atoms with Crippen molar-refractivity contribution in [2.45, 2.75) is 19.3 Å². The Morgan fingerprint density at radius 3 is 2.50 bits per heavy atom. The zero-order chi connectivity index (χ0) is 15.9. The lowest BCUT2D eigenvalue weighted by atomic mass is 9.96. The highest BCUT2D eigenvalue weighted by atomic mass is 16.2. The van der Waals surface area contributed by atoms with E-state index in [0.717, 1.165) is 12.8 Å². The van der Waals surface area contributed by atoms with Crippen LogP contribution in [-0.4, -0.2) is 36.3 Å². The Morgan fingerprint density at radius 1 is 1.27 bits per heavy atom. The first-order valence-corrected chi connectivity index (χ1v) is 7.38. The monoisotopic (exact) mass is 300 g/mol. The molecule has 0 atom stereocenters. The lowest BCUT2D eigenvalue weighted by Gasteiger charge is -2.32. The maximum Gasteiger partial charge on any atom is 0.253 e. The molecule has 6 heteroatoms. The van der Waals surface area contributed by atoms with Crippen molar-refractivity contribution in [3.05, 3.63) is 29.8 Å². The summed E-state index contributed by atoms with van der Waals surface area (Å²) < 4.78 is 0. The van der Waals surface area contributed by atoms with Crippen LogP contribution in [0.3, 0.4) is 0 Å². The lowest BCUT2D eigenvalue weighted by Crippen LogP contribution is -2.41. The van der Waals surface area contributed by atoms with Gasteiger partial charge in [0, 0.05) is 30.9 Å². The molecular formula is C16H20N4O2. The van der Waals surface area contributed by atoms with Crippen molar-refractivity contribution in [2.24, 2.45) is 5.92 Å². The third-order valence-electron chi connectivity index (χ3n) is 3.89. The summed E-state index contributed by atoms with van der Waals surface area (Å²) in [5.41, 5.74) is 6.91. The number of amides is 2. The standard InChI is InChI=1S/C16H20N4O2/c17-8-5-15(21)19-11-12-6-9-20(10-7-12)16(22)13-1-3-14(18)4-2-13/h1-4,12H,5-7,9-11,18H2,(H,19,21). The van der Waals surface area contributed by atoms with E-state index in [9.17, 15) is 9.59 Å². The first kappa shape index (κ1) is 15.8. The summed E-state index contributed by atoms with van der Waals surface area (Å²) in [4.78, 5) is 25.4. The Morgan fingerprint density at radius 2 is 1.91 bits per heavy atom. The van der Waals surface area contributed by atoms with Crippen molar-refractivity contribution < 1.29 is 9.59 Å². The third-order valence-corrected chi connectivity index (χ3v) is 3.89. The number of likely N-dealkylation sites (tertiary alicyclic amines) is 1. The first-order chi connectivity index (χ1) is 10.6. The first-order valence-electron chi connectivity index (χ1n) is 7.38. The Hall–Kier alpha value is -2.55. The van der Waals surface area contributed by atoms with Gasteiger partial charge in [0.15, 0.2) is 0 Å². The molecule has 2 rings (SSSR count). The summed E-state index contributed by atoms with van der Waals surface area (Å²) in [7, 11) is 0. The molecule has 2 amide bonds. The van der Waals surface area contributed by atoms with E-state index >= 15 is 0 Å². The topological polar surface area (TPSA) is 99.2 Å². The van der Waals surface area contributed by atoms with Crippen LogP contribution in [0.4, 0.5) is 5.69 Å². The quantitative estimate of drug-likeness (QED) is 0.815. The van der Waals surface area contributed by atoms with E-state index in [-0.39, 0.29) is 18.2 Å². The molecule has 1 aliphatic rings. The van der Waals surface area contributed by atoms with Crippen LogP contribution in [0.5, 0.6) is 0 Å². The van der Waals surface area contributed by atoms with Crippen LogP contribution in [0.2, 0.25) is 0 Å². The minimum Gasteiger partial charge on any atom is -0.399 e. The largest absolute Gasteiger partial charge is 0.399 e. The molecule has 0 radical (unpaired) electrons. The number of piperidine rings is 1. The molecule has 1 aromatic carbocycles. The number of carbonyl (C=O) groups excluding carboxylic acids is 2. The zero-order valence-corrected chi connectivity index (χ0v) is 12.4. The number of rotatable bonds is 4. The van der Waals surface area contributed by atoms with Gasteiger partial charge in [0.05, 0.1) is 6.07 Å². The van der Waals surface area contributed by atoms with Crippen LogP contribution in [-0.2, 0) is 4.79 Å². The van der Waals surface area contributed by atoms with Gasteiger partial charge >= 0.3 is 0 Å². The second-order valence-corrected chi connectivity index (χ2v) is 5.50. The number of anilines is 1. The van der Waals surface area contributed by atoms with Crippen molar-refractivity contribution in [1.82, 2.24) is 10.2 Å². The van der Waals surface area contributed by atoms with Gasteiger partial charge in [-0.1, -0.05) is 0 Å². The van der Waals surface area contributed by atoms with Gasteiger partial charge in [-0.15, -0.1) is 0 Å². The van der Waals surface area contributed by atoms with Crippen LogP contribution in [0.15, 0.2) is 24.3 Å². The molecule has 0 bridgehead atoms. The Balaban J connectivity index is 1.79. The number of nitrogens with zero attached hydrogens (tertiary/aromatic N) is 2. The number of nitrogen functional groups attached to an aromatic ring is 1. The van der Waals surface area contributed by atoms with Gasteiger partial charge in [0.2, 0.25) is 5.91 Å². The van der Waals surface area contributed by atoms with Gasteiger partial charge in [-0.3, -0.25) is 9.59 Å². The van der Waals surface area contributed by atoms with Gasteiger partial charge in [0.1, 0.15) is 6.42 Å². The molecule has 22 heavy (non-hydrogen) atoms. The number of hydrogen-bond acceptors (Lipinski definition) is 4. The van der Waals surface area contributed by atoms with Crippen LogP contribution < -0.4 is 11.1 Å². The molecule has 0 unspecified atom stereocenters. The van der Waals surface area contributed by atoms with Crippen molar-refractivity contribution >= 4 is 17.5 Å². The molecule has 1 saturated heterocycles. The van der Waals surface area contributed by atoms with Crippen LogP contribution >= 0.6 is 0 Å². The fraction of sp³-hybridized carbons (Fsp3) is 0.438. The minimum atomic E-state index is -0.233. The van der Waals surface area contributed by atoms with E-state index in [1.54, 1.807) is 24.3 Å². The highest BCUT2D eigenvalue weighted by molar-refractivity contribution is 5.94. The molecule has 1 aromatic rings. The maximum atomic E-state index is 12.3. The summed E-state index contributed by atoms with van der Waals surface area (Å²) in [6.07, 6.45) is 1.61. The summed E-state index contributed by atoms with van der Waals surface area (Å²) >= 11 is 0. The average Bonchev–Trinajstić information content (AvgIpc) is 2.54. The number of hydrogen-bond donors (Lipinski definition) is 2. The second kappa shape index (κ2) is 7.46. The minimum absolute atomic E-state index is 0.0203. The molecule has 0 aromatic heterocycles. The van der Waals surface area contributed by atoms with Gasteiger partial charge in [-0.2, -0.15) is 5.26 Å². The predicted octanol–water partition coefficient (Wildman–Crippen LogP) is 1.15. The average molecular weight is 300 g/mol. The van der Waals surface area contributed by atoms with Crippen molar-refractivity contribution in [2.75, 3.05) is 25.4 Å².